The second-order valence-corrected chi connectivity index (χ2v) is 7.24. The van der Waals surface area contributed by atoms with E-state index in [1.54, 1.807) is 31.4 Å². The zero-order valence-corrected chi connectivity index (χ0v) is 14.1. The fourth-order valence-corrected chi connectivity index (χ4v) is 3.60. The number of anilines is 1. The van der Waals surface area contributed by atoms with E-state index in [0.29, 0.717) is 24.6 Å². The van der Waals surface area contributed by atoms with Gasteiger partial charge in [0.1, 0.15) is 0 Å². The van der Waals surface area contributed by atoms with Crippen LogP contribution in [0, 0.1) is 5.92 Å². The summed E-state index contributed by atoms with van der Waals surface area (Å²) in [4.78, 5) is 0.320. The first-order chi connectivity index (χ1) is 9.91. The Hall–Kier alpha value is -1.11. The van der Waals surface area contributed by atoms with Crippen molar-refractivity contribution in [2.75, 3.05) is 38.7 Å². The number of hydrogen-bond donors (Lipinski definition) is 1. The van der Waals surface area contributed by atoms with Crippen molar-refractivity contribution in [2.24, 2.45) is 5.92 Å². The lowest BCUT2D eigenvalue weighted by molar-refractivity contribution is 0.175. The maximum absolute atomic E-state index is 12.7. The van der Waals surface area contributed by atoms with Gasteiger partial charge in [0.05, 0.1) is 11.5 Å². The van der Waals surface area contributed by atoms with E-state index in [1.807, 2.05) is 20.8 Å². The van der Waals surface area contributed by atoms with E-state index in [9.17, 15) is 8.42 Å². The predicted octanol–water partition coefficient (Wildman–Crippen LogP) is 2.41. The average Bonchev–Trinajstić information content (AvgIpc) is 2.44. The van der Waals surface area contributed by atoms with Gasteiger partial charge in [-0.25, -0.2) is 8.42 Å². The largest absolute Gasteiger partial charge is 0.385 e. The second kappa shape index (κ2) is 8.36. The highest BCUT2D eigenvalue weighted by Gasteiger charge is 2.24. The molecule has 21 heavy (non-hydrogen) atoms. The molecule has 0 spiro atoms. The van der Waals surface area contributed by atoms with Gasteiger partial charge in [-0.15, -0.1) is 0 Å². The summed E-state index contributed by atoms with van der Waals surface area (Å²) in [5.74, 6) is 0.262. The Morgan fingerprint density at radius 3 is 2.33 bits per heavy atom. The lowest BCUT2D eigenvalue weighted by Crippen LogP contribution is -2.36. The molecule has 0 radical (unpaired) electrons. The van der Waals surface area contributed by atoms with Crippen molar-refractivity contribution in [2.45, 2.75) is 25.7 Å². The van der Waals surface area contributed by atoms with E-state index >= 15 is 0 Å². The quantitative estimate of drug-likeness (QED) is 0.760. The number of ether oxygens (including phenoxy) is 1. The third-order valence-corrected chi connectivity index (χ3v) is 4.87. The number of rotatable bonds is 9. The summed E-state index contributed by atoms with van der Waals surface area (Å²) >= 11 is 0. The molecule has 0 fully saturated rings. The second-order valence-electron chi connectivity index (χ2n) is 5.30. The van der Waals surface area contributed by atoms with Crippen LogP contribution in [-0.4, -0.2) is 46.1 Å². The van der Waals surface area contributed by atoms with E-state index in [4.69, 9.17) is 4.74 Å². The molecule has 0 heterocycles. The molecule has 0 saturated carbocycles. The molecule has 0 unspecified atom stereocenters. The average molecular weight is 314 g/mol. The summed E-state index contributed by atoms with van der Waals surface area (Å²) in [5, 5.41) is 3.15. The van der Waals surface area contributed by atoms with Crippen molar-refractivity contribution in [3.05, 3.63) is 24.3 Å². The van der Waals surface area contributed by atoms with Crippen LogP contribution in [0.4, 0.5) is 5.69 Å². The predicted molar refractivity (Wildman–Crippen MR) is 86.1 cm³/mol. The molecule has 0 bridgehead atoms. The van der Waals surface area contributed by atoms with Crippen molar-refractivity contribution in [3.63, 3.8) is 0 Å². The smallest absolute Gasteiger partial charge is 0.243 e. The van der Waals surface area contributed by atoms with Crippen LogP contribution >= 0.6 is 0 Å². The van der Waals surface area contributed by atoms with Crippen LogP contribution in [0.25, 0.3) is 0 Å². The van der Waals surface area contributed by atoms with Crippen LogP contribution in [0.1, 0.15) is 20.8 Å². The van der Waals surface area contributed by atoms with Gasteiger partial charge in [0, 0.05) is 32.4 Å². The number of benzene rings is 1. The molecule has 0 aromatic heterocycles. The van der Waals surface area contributed by atoms with Crippen molar-refractivity contribution in [1.29, 1.82) is 0 Å². The molecular formula is C15H26N2O3S. The maximum atomic E-state index is 12.7. The third-order valence-electron chi connectivity index (χ3n) is 2.99. The molecule has 0 amide bonds. The Morgan fingerprint density at radius 1 is 1.24 bits per heavy atom. The van der Waals surface area contributed by atoms with Crippen LogP contribution in [0.2, 0.25) is 0 Å². The van der Waals surface area contributed by atoms with Gasteiger partial charge in [-0.2, -0.15) is 4.31 Å². The highest BCUT2D eigenvalue weighted by atomic mass is 32.2. The van der Waals surface area contributed by atoms with Crippen LogP contribution in [0.15, 0.2) is 29.2 Å². The Bertz CT molecular complexity index is 512. The molecule has 6 heteroatoms. The normalized spacial score (nSPS) is 12.1. The summed E-state index contributed by atoms with van der Waals surface area (Å²) in [6.07, 6.45) is 0. The van der Waals surface area contributed by atoms with E-state index in [-0.39, 0.29) is 5.92 Å². The molecule has 0 atom stereocenters. The van der Waals surface area contributed by atoms with E-state index in [2.05, 4.69) is 5.32 Å². The fourth-order valence-electron chi connectivity index (χ4n) is 2.01. The lowest BCUT2D eigenvalue weighted by Gasteiger charge is -2.23. The minimum absolute atomic E-state index is 0.262. The minimum Gasteiger partial charge on any atom is -0.385 e. The first-order valence-corrected chi connectivity index (χ1v) is 8.68. The topological polar surface area (TPSA) is 58.6 Å². The SMILES string of the molecule is CCNc1ccc(S(=O)(=O)N(CCOC)CC(C)C)cc1. The van der Waals surface area contributed by atoms with Gasteiger partial charge < -0.3 is 10.1 Å². The minimum atomic E-state index is -3.47. The van der Waals surface area contributed by atoms with Crippen molar-refractivity contribution < 1.29 is 13.2 Å². The Labute approximate surface area is 128 Å². The van der Waals surface area contributed by atoms with Crippen LogP contribution < -0.4 is 5.32 Å². The van der Waals surface area contributed by atoms with Gasteiger partial charge >= 0.3 is 0 Å². The van der Waals surface area contributed by atoms with Crippen molar-refractivity contribution in [3.8, 4) is 0 Å². The van der Waals surface area contributed by atoms with E-state index in [0.717, 1.165) is 12.2 Å². The van der Waals surface area contributed by atoms with Gasteiger partial charge in [0.25, 0.3) is 0 Å². The maximum Gasteiger partial charge on any atom is 0.243 e. The third kappa shape index (κ3) is 5.30. The van der Waals surface area contributed by atoms with Gasteiger partial charge in [-0.05, 0) is 37.1 Å². The molecule has 0 saturated heterocycles. The first kappa shape index (κ1) is 17.9. The highest BCUT2D eigenvalue weighted by molar-refractivity contribution is 7.89. The highest BCUT2D eigenvalue weighted by Crippen LogP contribution is 2.19. The molecule has 0 aliphatic carbocycles. The first-order valence-electron chi connectivity index (χ1n) is 7.24. The molecular weight excluding hydrogens is 288 g/mol. The number of nitrogens with zero attached hydrogens (tertiary/aromatic N) is 1. The van der Waals surface area contributed by atoms with Crippen molar-refractivity contribution >= 4 is 15.7 Å². The summed E-state index contributed by atoms with van der Waals surface area (Å²) in [7, 11) is -1.90. The number of hydrogen-bond acceptors (Lipinski definition) is 4. The molecule has 5 nitrogen and oxygen atoms in total. The Morgan fingerprint density at radius 2 is 1.86 bits per heavy atom. The van der Waals surface area contributed by atoms with E-state index < -0.39 is 10.0 Å². The molecule has 1 aromatic rings. The standard InChI is InChI=1S/C15H26N2O3S/c1-5-16-14-6-8-15(9-7-14)21(18,19)17(10-11-20-4)12-13(2)3/h6-9,13,16H,5,10-12H2,1-4H3. The lowest BCUT2D eigenvalue weighted by atomic mass is 10.2. The zero-order valence-electron chi connectivity index (χ0n) is 13.3. The van der Waals surface area contributed by atoms with Crippen molar-refractivity contribution in [1.82, 2.24) is 4.31 Å². The molecule has 1 aromatic carbocycles. The van der Waals surface area contributed by atoms with Crippen LogP contribution in [-0.2, 0) is 14.8 Å². The summed E-state index contributed by atoms with van der Waals surface area (Å²) in [5.41, 5.74) is 0.920. The summed E-state index contributed by atoms with van der Waals surface area (Å²) < 4.78 is 31.9. The van der Waals surface area contributed by atoms with Gasteiger partial charge in [0.2, 0.25) is 10.0 Å². The van der Waals surface area contributed by atoms with Crippen LogP contribution in [0.5, 0.6) is 0 Å². The summed E-state index contributed by atoms with van der Waals surface area (Å²) in [6, 6.07) is 6.88. The molecule has 0 aliphatic heterocycles. The molecule has 1 N–H and O–H groups in total. The number of methoxy groups -OCH3 is 1. The number of nitrogens with one attached hydrogen (secondary N) is 1. The molecule has 1 rings (SSSR count). The van der Waals surface area contributed by atoms with Crippen LogP contribution in [0.3, 0.4) is 0 Å². The Balaban J connectivity index is 2.97. The van der Waals surface area contributed by atoms with Gasteiger partial charge in [-0.1, -0.05) is 13.8 Å². The summed E-state index contributed by atoms with van der Waals surface area (Å²) in [6.45, 7) is 8.06. The fraction of sp³-hybridized carbons (Fsp3) is 0.600. The van der Waals surface area contributed by atoms with Gasteiger partial charge in [-0.3, -0.25) is 0 Å². The molecule has 0 aliphatic rings. The molecule has 120 valence electrons. The van der Waals surface area contributed by atoms with Gasteiger partial charge in [0.15, 0.2) is 0 Å². The zero-order chi connectivity index (χ0) is 15.9. The monoisotopic (exact) mass is 314 g/mol. The number of sulfonamides is 1. The Kier molecular flexibility index (Phi) is 7.14. The van der Waals surface area contributed by atoms with E-state index in [1.165, 1.54) is 4.31 Å².